The molecule has 1 saturated carbocycles. The van der Waals surface area contributed by atoms with Crippen LogP contribution in [0.4, 0.5) is 0 Å². The van der Waals surface area contributed by atoms with Crippen LogP contribution in [0.25, 0.3) is 0 Å². The minimum absolute atomic E-state index is 0.00186. The van der Waals surface area contributed by atoms with E-state index in [1.165, 1.54) is 0 Å². The second-order valence-corrected chi connectivity index (χ2v) is 5.38. The first-order valence-corrected chi connectivity index (χ1v) is 6.44. The fourth-order valence-corrected chi connectivity index (χ4v) is 1.96. The van der Waals surface area contributed by atoms with Gasteiger partial charge < -0.3 is 4.74 Å². The third-order valence-electron chi connectivity index (χ3n) is 2.60. The van der Waals surface area contributed by atoms with Gasteiger partial charge in [-0.3, -0.25) is 4.79 Å². The Morgan fingerprint density at radius 1 is 1.29 bits per heavy atom. The smallest absolute Gasteiger partial charge is 0.169 e. The van der Waals surface area contributed by atoms with Crippen molar-refractivity contribution in [1.29, 1.82) is 0 Å². The summed E-state index contributed by atoms with van der Waals surface area (Å²) in [6.45, 7) is 3.82. The summed E-state index contributed by atoms with van der Waals surface area (Å²) in [6.07, 6.45) is 1.92. The van der Waals surface area contributed by atoms with Gasteiger partial charge in [0.15, 0.2) is 5.78 Å². The van der Waals surface area contributed by atoms with Crippen LogP contribution in [0.1, 0.15) is 37.0 Å². The fraction of sp³-hybridized carbons (Fsp3) is 0.462. The summed E-state index contributed by atoms with van der Waals surface area (Å²) in [5.74, 6) is 0.785. The molecule has 2 nitrogen and oxygen atoms in total. The summed E-state index contributed by atoms with van der Waals surface area (Å²) in [7, 11) is 0. The average Bonchev–Trinajstić information content (AvgIpc) is 3.05. The Morgan fingerprint density at radius 2 is 1.88 bits per heavy atom. The van der Waals surface area contributed by atoms with Gasteiger partial charge in [0, 0.05) is 12.0 Å². The monoisotopic (exact) mass is 272 g/mol. The van der Waals surface area contributed by atoms with Gasteiger partial charge in [0.2, 0.25) is 0 Å². The number of carbonyl (C=O) groups excluding carboxylic acids is 1. The van der Waals surface area contributed by atoms with Crippen molar-refractivity contribution in [3.63, 3.8) is 0 Å². The van der Waals surface area contributed by atoms with E-state index in [9.17, 15) is 4.79 Å². The number of hydrogen-bond donors (Lipinski definition) is 0. The molecule has 0 amide bonds. The highest BCUT2D eigenvalue weighted by Gasteiger charge is 2.32. The molecule has 0 radical (unpaired) electrons. The molecule has 1 aromatic carbocycles. The van der Waals surface area contributed by atoms with Gasteiger partial charge in [0.25, 0.3) is 0 Å². The summed E-state index contributed by atoms with van der Waals surface area (Å²) in [6, 6.07) is 3.24. The van der Waals surface area contributed by atoms with Crippen LogP contribution in [-0.2, 0) is 0 Å². The highest BCUT2D eigenvalue weighted by molar-refractivity contribution is 6.42. The standard InChI is InChI=1S/C13H14Cl2O2/c1-7(2)17-12-6-11(15)10(14)5-9(12)13(16)8-3-4-8/h5-8H,3-4H2,1-2H3. The van der Waals surface area contributed by atoms with E-state index in [0.29, 0.717) is 21.4 Å². The average molecular weight is 273 g/mol. The molecule has 0 bridgehead atoms. The van der Waals surface area contributed by atoms with Crippen molar-refractivity contribution in [2.75, 3.05) is 0 Å². The van der Waals surface area contributed by atoms with Gasteiger partial charge in [-0.05, 0) is 32.8 Å². The van der Waals surface area contributed by atoms with Gasteiger partial charge in [-0.15, -0.1) is 0 Å². The Balaban J connectivity index is 2.39. The van der Waals surface area contributed by atoms with Crippen molar-refractivity contribution in [2.24, 2.45) is 5.92 Å². The highest BCUT2D eigenvalue weighted by atomic mass is 35.5. The van der Waals surface area contributed by atoms with E-state index in [-0.39, 0.29) is 17.8 Å². The van der Waals surface area contributed by atoms with E-state index in [2.05, 4.69) is 0 Å². The first kappa shape index (κ1) is 12.7. The number of carbonyl (C=O) groups is 1. The normalized spacial score (nSPS) is 15.1. The third kappa shape index (κ3) is 2.93. The van der Waals surface area contributed by atoms with E-state index in [4.69, 9.17) is 27.9 Å². The molecule has 92 valence electrons. The predicted octanol–water partition coefficient (Wildman–Crippen LogP) is 4.37. The summed E-state index contributed by atoms with van der Waals surface area (Å²) in [5, 5.41) is 0.807. The van der Waals surface area contributed by atoms with Crippen molar-refractivity contribution in [3.05, 3.63) is 27.7 Å². The van der Waals surface area contributed by atoms with Gasteiger partial charge in [0.05, 0.1) is 21.7 Å². The maximum Gasteiger partial charge on any atom is 0.169 e. The molecule has 0 heterocycles. The Kier molecular flexibility index (Phi) is 3.64. The maximum absolute atomic E-state index is 12.1. The van der Waals surface area contributed by atoms with Gasteiger partial charge in [0.1, 0.15) is 5.75 Å². The second-order valence-electron chi connectivity index (χ2n) is 4.57. The molecule has 1 aliphatic carbocycles. The molecular formula is C13H14Cl2O2. The summed E-state index contributed by atoms with van der Waals surface area (Å²) >= 11 is 11.9. The summed E-state index contributed by atoms with van der Waals surface area (Å²) < 4.78 is 5.62. The number of benzene rings is 1. The Hall–Kier alpha value is -0.730. The van der Waals surface area contributed by atoms with Crippen molar-refractivity contribution >= 4 is 29.0 Å². The first-order chi connectivity index (χ1) is 7.99. The Labute approximate surface area is 111 Å². The zero-order valence-electron chi connectivity index (χ0n) is 9.80. The van der Waals surface area contributed by atoms with Crippen LogP contribution in [0.3, 0.4) is 0 Å². The minimum atomic E-state index is -0.00186. The van der Waals surface area contributed by atoms with Crippen LogP contribution in [0.15, 0.2) is 12.1 Å². The third-order valence-corrected chi connectivity index (χ3v) is 3.32. The number of hydrogen-bond acceptors (Lipinski definition) is 2. The minimum Gasteiger partial charge on any atom is -0.490 e. The molecule has 17 heavy (non-hydrogen) atoms. The number of ketones is 1. The molecule has 4 heteroatoms. The van der Waals surface area contributed by atoms with E-state index in [1.54, 1.807) is 12.1 Å². The van der Waals surface area contributed by atoms with Crippen molar-refractivity contribution < 1.29 is 9.53 Å². The lowest BCUT2D eigenvalue weighted by Crippen LogP contribution is -2.11. The van der Waals surface area contributed by atoms with E-state index in [1.807, 2.05) is 13.8 Å². The molecule has 1 aromatic rings. The molecule has 1 aliphatic rings. The molecule has 0 aliphatic heterocycles. The van der Waals surface area contributed by atoms with Crippen LogP contribution in [-0.4, -0.2) is 11.9 Å². The maximum atomic E-state index is 12.1. The molecule has 0 atom stereocenters. The summed E-state index contributed by atoms with van der Waals surface area (Å²) in [5.41, 5.74) is 0.551. The van der Waals surface area contributed by atoms with Gasteiger partial charge in [-0.25, -0.2) is 0 Å². The predicted molar refractivity (Wildman–Crippen MR) is 69.3 cm³/mol. The van der Waals surface area contributed by atoms with Crippen molar-refractivity contribution in [1.82, 2.24) is 0 Å². The lowest BCUT2D eigenvalue weighted by atomic mass is 10.1. The number of ether oxygens (including phenoxy) is 1. The van der Waals surface area contributed by atoms with Crippen LogP contribution >= 0.6 is 23.2 Å². The van der Waals surface area contributed by atoms with E-state index >= 15 is 0 Å². The molecule has 1 fully saturated rings. The van der Waals surface area contributed by atoms with Gasteiger partial charge in [-0.2, -0.15) is 0 Å². The molecular weight excluding hydrogens is 259 g/mol. The first-order valence-electron chi connectivity index (χ1n) is 5.69. The van der Waals surface area contributed by atoms with Crippen molar-refractivity contribution in [2.45, 2.75) is 32.8 Å². The van der Waals surface area contributed by atoms with Gasteiger partial charge in [-0.1, -0.05) is 23.2 Å². The van der Waals surface area contributed by atoms with Crippen LogP contribution in [0.2, 0.25) is 10.0 Å². The summed E-state index contributed by atoms with van der Waals surface area (Å²) in [4.78, 5) is 12.1. The highest BCUT2D eigenvalue weighted by Crippen LogP contribution is 2.38. The van der Waals surface area contributed by atoms with E-state index < -0.39 is 0 Å². The number of rotatable bonds is 4. The molecule has 2 rings (SSSR count). The fourth-order valence-electron chi connectivity index (χ4n) is 1.64. The zero-order valence-corrected chi connectivity index (χ0v) is 11.3. The lowest BCUT2D eigenvalue weighted by Gasteiger charge is -2.14. The molecule has 0 unspecified atom stereocenters. The second kappa shape index (κ2) is 4.87. The number of halogens is 2. The van der Waals surface area contributed by atoms with Crippen LogP contribution in [0.5, 0.6) is 5.75 Å². The van der Waals surface area contributed by atoms with Crippen LogP contribution < -0.4 is 4.74 Å². The quantitative estimate of drug-likeness (QED) is 0.761. The van der Waals surface area contributed by atoms with E-state index in [0.717, 1.165) is 12.8 Å². The Morgan fingerprint density at radius 3 is 2.41 bits per heavy atom. The number of Topliss-reactive ketones (excluding diaryl/α,β-unsaturated/α-hetero) is 1. The lowest BCUT2D eigenvalue weighted by molar-refractivity contribution is 0.0962. The largest absolute Gasteiger partial charge is 0.490 e. The molecule has 0 saturated heterocycles. The Bertz CT molecular complexity index is 451. The molecule has 0 spiro atoms. The molecule has 0 N–H and O–H groups in total. The topological polar surface area (TPSA) is 26.3 Å². The van der Waals surface area contributed by atoms with Crippen LogP contribution in [0, 0.1) is 5.92 Å². The zero-order chi connectivity index (χ0) is 12.6. The van der Waals surface area contributed by atoms with Crippen molar-refractivity contribution in [3.8, 4) is 5.75 Å². The SMILES string of the molecule is CC(C)Oc1cc(Cl)c(Cl)cc1C(=O)C1CC1. The molecule has 0 aromatic heterocycles. The van der Waals surface area contributed by atoms with Gasteiger partial charge >= 0.3 is 0 Å².